The average Bonchev–Trinajstić information content (AvgIpc) is 3.30. The fraction of sp³-hybridized carbons (Fsp3) is 0.261. The number of aryl methyl sites for hydroxylation is 3. The highest BCUT2D eigenvalue weighted by molar-refractivity contribution is 7.09. The number of nitrogens with zero attached hydrogens (tertiary/aromatic N) is 2. The van der Waals surface area contributed by atoms with Crippen molar-refractivity contribution >= 4 is 22.4 Å². The summed E-state index contributed by atoms with van der Waals surface area (Å²) in [4.78, 5) is 6.22. The number of thiophene rings is 1. The molecule has 0 unspecified atom stereocenters. The lowest BCUT2D eigenvalue weighted by Gasteiger charge is -2.11. The molecule has 0 aliphatic carbocycles. The van der Waals surface area contributed by atoms with Gasteiger partial charge in [-0.05, 0) is 67.1 Å². The molecule has 0 bridgehead atoms. The SMILES string of the molecule is Cc1ccc(OCCCn2c(Cc3cccs3)nc3ccccc32)cc1C. The Labute approximate surface area is 164 Å². The molecule has 0 fully saturated rings. The quantitative estimate of drug-likeness (QED) is 0.383. The molecule has 0 saturated carbocycles. The van der Waals surface area contributed by atoms with Gasteiger partial charge in [-0.15, -0.1) is 11.3 Å². The maximum absolute atomic E-state index is 5.97. The lowest BCUT2D eigenvalue weighted by molar-refractivity contribution is 0.301. The summed E-state index contributed by atoms with van der Waals surface area (Å²) in [6.45, 7) is 5.86. The number of para-hydroxylation sites is 2. The number of fused-ring (bicyclic) bond motifs is 1. The third-order valence-electron chi connectivity index (χ3n) is 4.92. The van der Waals surface area contributed by atoms with Gasteiger partial charge in [0.25, 0.3) is 0 Å². The molecule has 0 radical (unpaired) electrons. The first-order chi connectivity index (χ1) is 13.2. The van der Waals surface area contributed by atoms with Crippen LogP contribution in [0.1, 0.15) is 28.2 Å². The van der Waals surface area contributed by atoms with Crippen molar-refractivity contribution in [3.63, 3.8) is 0 Å². The van der Waals surface area contributed by atoms with Gasteiger partial charge in [-0.1, -0.05) is 24.3 Å². The Balaban J connectivity index is 1.46. The van der Waals surface area contributed by atoms with Gasteiger partial charge in [0, 0.05) is 17.8 Å². The van der Waals surface area contributed by atoms with E-state index < -0.39 is 0 Å². The molecule has 4 heteroatoms. The molecule has 0 atom stereocenters. The summed E-state index contributed by atoms with van der Waals surface area (Å²) in [5, 5.41) is 2.12. The number of rotatable bonds is 7. The van der Waals surface area contributed by atoms with Crippen molar-refractivity contribution in [1.82, 2.24) is 9.55 Å². The third-order valence-corrected chi connectivity index (χ3v) is 5.80. The molecule has 0 aliphatic heterocycles. The Kier molecular flexibility index (Phi) is 5.26. The normalized spacial score (nSPS) is 11.2. The number of hydrogen-bond donors (Lipinski definition) is 0. The van der Waals surface area contributed by atoms with E-state index in [9.17, 15) is 0 Å². The number of ether oxygens (including phenoxy) is 1. The van der Waals surface area contributed by atoms with Crippen LogP contribution in [0.3, 0.4) is 0 Å². The van der Waals surface area contributed by atoms with Crippen molar-refractivity contribution in [2.45, 2.75) is 33.2 Å². The zero-order valence-corrected chi connectivity index (χ0v) is 16.6. The van der Waals surface area contributed by atoms with Crippen LogP contribution in [-0.4, -0.2) is 16.2 Å². The van der Waals surface area contributed by atoms with Crippen LogP contribution in [0.5, 0.6) is 5.75 Å². The van der Waals surface area contributed by atoms with Gasteiger partial charge in [0.1, 0.15) is 11.6 Å². The van der Waals surface area contributed by atoms with Gasteiger partial charge in [0.15, 0.2) is 0 Å². The minimum Gasteiger partial charge on any atom is -0.494 e. The van der Waals surface area contributed by atoms with E-state index in [1.54, 1.807) is 11.3 Å². The highest BCUT2D eigenvalue weighted by Gasteiger charge is 2.11. The van der Waals surface area contributed by atoms with E-state index in [1.165, 1.54) is 21.5 Å². The van der Waals surface area contributed by atoms with E-state index in [-0.39, 0.29) is 0 Å². The monoisotopic (exact) mass is 376 g/mol. The van der Waals surface area contributed by atoms with Crippen LogP contribution in [0, 0.1) is 13.8 Å². The van der Waals surface area contributed by atoms with E-state index in [1.807, 2.05) is 0 Å². The molecular weight excluding hydrogens is 352 g/mol. The predicted octanol–water partition coefficient (Wildman–Crippen LogP) is 5.77. The third kappa shape index (κ3) is 4.06. The van der Waals surface area contributed by atoms with E-state index in [0.29, 0.717) is 6.61 Å². The molecule has 2 heterocycles. The second-order valence-electron chi connectivity index (χ2n) is 6.87. The summed E-state index contributed by atoms with van der Waals surface area (Å²) in [5.41, 5.74) is 4.84. The lowest BCUT2D eigenvalue weighted by Crippen LogP contribution is -2.08. The van der Waals surface area contributed by atoms with E-state index >= 15 is 0 Å². The average molecular weight is 377 g/mol. The van der Waals surface area contributed by atoms with E-state index in [0.717, 1.165) is 36.5 Å². The van der Waals surface area contributed by atoms with Crippen molar-refractivity contribution in [3.05, 3.63) is 81.8 Å². The molecule has 4 rings (SSSR count). The standard InChI is InChI=1S/C23H24N2OS/c1-17-10-11-19(15-18(17)2)26-13-6-12-25-22-9-4-3-8-21(22)24-23(25)16-20-7-5-14-27-20/h3-5,7-11,14-15H,6,12-13,16H2,1-2H3. The first-order valence-corrected chi connectivity index (χ1v) is 10.3. The smallest absolute Gasteiger partial charge is 0.119 e. The Morgan fingerprint density at radius 3 is 2.70 bits per heavy atom. The molecule has 2 aromatic heterocycles. The molecule has 2 aromatic carbocycles. The van der Waals surface area contributed by atoms with Crippen molar-refractivity contribution in [2.75, 3.05) is 6.61 Å². The molecule has 0 amide bonds. The van der Waals surface area contributed by atoms with Gasteiger partial charge < -0.3 is 9.30 Å². The first-order valence-electron chi connectivity index (χ1n) is 9.37. The Hall–Kier alpha value is -2.59. The number of aromatic nitrogens is 2. The highest BCUT2D eigenvalue weighted by Crippen LogP contribution is 2.21. The topological polar surface area (TPSA) is 27.1 Å². The van der Waals surface area contributed by atoms with Crippen molar-refractivity contribution < 1.29 is 4.74 Å². The second-order valence-corrected chi connectivity index (χ2v) is 7.90. The molecule has 3 nitrogen and oxygen atoms in total. The molecule has 0 saturated heterocycles. The molecule has 0 aliphatic rings. The van der Waals surface area contributed by atoms with Gasteiger partial charge in [-0.25, -0.2) is 4.98 Å². The largest absolute Gasteiger partial charge is 0.494 e. The minimum absolute atomic E-state index is 0.702. The summed E-state index contributed by atoms with van der Waals surface area (Å²) in [7, 11) is 0. The summed E-state index contributed by atoms with van der Waals surface area (Å²) in [6, 6.07) is 19.0. The molecular formula is C23H24N2OS. The molecule has 27 heavy (non-hydrogen) atoms. The van der Waals surface area contributed by atoms with Crippen molar-refractivity contribution in [3.8, 4) is 5.75 Å². The minimum atomic E-state index is 0.702. The van der Waals surface area contributed by atoms with Crippen molar-refractivity contribution in [2.24, 2.45) is 0 Å². The highest BCUT2D eigenvalue weighted by atomic mass is 32.1. The van der Waals surface area contributed by atoms with Gasteiger partial charge in [-0.3, -0.25) is 0 Å². The van der Waals surface area contributed by atoms with Crippen molar-refractivity contribution in [1.29, 1.82) is 0 Å². The Morgan fingerprint density at radius 2 is 1.89 bits per heavy atom. The summed E-state index contributed by atoms with van der Waals surface area (Å²) in [5.74, 6) is 2.08. The zero-order chi connectivity index (χ0) is 18.6. The van der Waals surface area contributed by atoms with E-state index in [2.05, 4.69) is 78.4 Å². The fourth-order valence-corrected chi connectivity index (χ4v) is 4.00. The van der Waals surface area contributed by atoms with Crippen LogP contribution >= 0.6 is 11.3 Å². The maximum Gasteiger partial charge on any atom is 0.119 e. The Morgan fingerprint density at radius 1 is 1.00 bits per heavy atom. The number of imidazole rings is 1. The zero-order valence-electron chi connectivity index (χ0n) is 15.8. The van der Waals surface area contributed by atoms with Gasteiger partial charge in [-0.2, -0.15) is 0 Å². The molecule has 0 N–H and O–H groups in total. The van der Waals surface area contributed by atoms with Crippen LogP contribution in [-0.2, 0) is 13.0 Å². The fourth-order valence-electron chi connectivity index (χ4n) is 3.30. The van der Waals surface area contributed by atoms with Gasteiger partial charge in [0.2, 0.25) is 0 Å². The van der Waals surface area contributed by atoms with Gasteiger partial charge >= 0.3 is 0 Å². The van der Waals surface area contributed by atoms with Crippen LogP contribution in [0.2, 0.25) is 0 Å². The Bertz CT molecular complexity index is 1030. The summed E-state index contributed by atoms with van der Waals surface area (Å²) >= 11 is 1.79. The number of benzene rings is 2. The molecule has 138 valence electrons. The number of hydrogen-bond acceptors (Lipinski definition) is 3. The van der Waals surface area contributed by atoms with Crippen LogP contribution in [0.4, 0.5) is 0 Å². The molecule has 0 spiro atoms. The van der Waals surface area contributed by atoms with E-state index in [4.69, 9.17) is 9.72 Å². The van der Waals surface area contributed by atoms with Crippen LogP contribution < -0.4 is 4.74 Å². The summed E-state index contributed by atoms with van der Waals surface area (Å²) in [6.07, 6.45) is 1.83. The van der Waals surface area contributed by atoms with Crippen LogP contribution in [0.25, 0.3) is 11.0 Å². The predicted molar refractivity (Wildman–Crippen MR) is 113 cm³/mol. The summed E-state index contributed by atoms with van der Waals surface area (Å²) < 4.78 is 8.31. The lowest BCUT2D eigenvalue weighted by atomic mass is 10.1. The second kappa shape index (κ2) is 7.97. The maximum atomic E-state index is 5.97. The van der Waals surface area contributed by atoms with Crippen LogP contribution in [0.15, 0.2) is 60.0 Å². The van der Waals surface area contributed by atoms with Gasteiger partial charge in [0.05, 0.1) is 17.6 Å². The first kappa shape index (κ1) is 17.8. The molecule has 4 aromatic rings.